The molecule has 0 heterocycles. The predicted octanol–water partition coefficient (Wildman–Crippen LogP) is 1.54. The molecule has 0 atom stereocenters. The highest BCUT2D eigenvalue weighted by atomic mass is 79.9. The molecule has 5 heavy (non-hydrogen) atoms. The van der Waals surface area contributed by atoms with Gasteiger partial charge in [-0.1, -0.05) is 0 Å². The molecule has 0 spiro atoms. The lowest BCUT2D eigenvalue weighted by molar-refractivity contribution is -0.0267. The zero-order valence-corrected chi connectivity index (χ0v) is 3.71. The second-order valence-corrected chi connectivity index (χ2v) is 0.724. The maximum Gasteiger partial charge on any atom is 0.355 e. The van der Waals surface area contributed by atoms with E-state index in [9.17, 15) is 8.78 Å². The Morgan fingerprint density at radius 2 is 1.80 bits per heavy atom. The van der Waals surface area contributed by atoms with Crippen molar-refractivity contribution in [2.75, 3.05) is 0 Å². The summed E-state index contributed by atoms with van der Waals surface area (Å²) in [4.78, 5) is 0. The van der Waals surface area contributed by atoms with Gasteiger partial charge in [-0.05, 0) is 0 Å². The van der Waals surface area contributed by atoms with E-state index in [0.29, 0.717) is 0 Å². The molecule has 0 bridgehead atoms. The van der Waals surface area contributed by atoms with Crippen molar-refractivity contribution >= 4 is 16.3 Å². The lowest BCUT2D eigenvalue weighted by Gasteiger charge is -1.82. The van der Waals surface area contributed by atoms with Crippen LogP contribution in [-0.4, -0.2) is 6.61 Å². The fraction of sp³-hybridized carbons (Fsp3) is 1.00. The summed E-state index contributed by atoms with van der Waals surface area (Å²) in [5.74, 6) is 0. The first kappa shape index (κ1) is 5.30. The Bertz CT molecular complexity index is 23.6. The normalized spacial score (nSPS) is 9.60. The second kappa shape index (κ2) is 2.53. The van der Waals surface area contributed by atoms with Gasteiger partial charge in [0.05, 0.1) is 0 Å². The van der Waals surface area contributed by atoms with Crippen LogP contribution in [0.15, 0.2) is 0 Å². The summed E-state index contributed by atoms with van der Waals surface area (Å²) in [6, 6.07) is 0. The van der Waals surface area contributed by atoms with Crippen LogP contribution in [0.4, 0.5) is 8.78 Å². The fourth-order valence-electron chi connectivity index (χ4n) is 0. The zero-order chi connectivity index (χ0) is 4.28. The third-order valence-corrected chi connectivity index (χ3v) is 0.350. The SMILES string of the molecule is FC(F)OBr. The molecule has 32 valence electrons. The van der Waals surface area contributed by atoms with Crippen LogP contribution in [0.2, 0.25) is 0 Å². The zero-order valence-electron chi connectivity index (χ0n) is 2.12. The van der Waals surface area contributed by atoms with Crippen LogP contribution in [0.1, 0.15) is 0 Å². The van der Waals surface area contributed by atoms with Gasteiger partial charge in [0.1, 0.15) is 16.3 Å². The lowest BCUT2D eigenvalue weighted by Crippen LogP contribution is -1.82. The van der Waals surface area contributed by atoms with Crippen molar-refractivity contribution in [2.24, 2.45) is 0 Å². The molecule has 0 aromatic carbocycles. The van der Waals surface area contributed by atoms with E-state index in [4.69, 9.17) is 0 Å². The lowest BCUT2D eigenvalue weighted by atomic mass is 11.5. The highest BCUT2D eigenvalue weighted by Crippen LogP contribution is 1.97. The highest BCUT2D eigenvalue weighted by Gasteiger charge is 1.93. The molecule has 0 aromatic heterocycles. The Balaban J connectivity index is 2.54. The van der Waals surface area contributed by atoms with E-state index in [0.717, 1.165) is 0 Å². The summed E-state index contributed by atoms with van der Waals surface area (Å²) in [5.41, 5.74) is 0. The van der Waals surface area contributed by atoms with Gasteiger partial charge in [-0.2, -0.15) is 8.78 Å². The topological polar surface area (TPSA) is 9.23 Å². The molecule has 0 saturated carbocycles. The van der Waals surface area contributed by atoms with Crippen LogP contribution < -0.4 is 0 Å². The third kappa shape index (κ3) is 4.30. The molecule has 4 heteroatoms. The first-order valence-electron chi connectivity index (χ1n) is 0.826. The Morgan fingerprint density at radius 1 is 1.60 bits per heavy atom. The molecule has 0 unspecified atom stereocenters. The van der Waals surface area contributed by atoms with Crippen LogP contribution in [0.3, 0.4) is 0 Å². The Kier molecular flexibility index (Phi) is 2.68. The van der Waals surface area contributed by atoms with Crippen LogP contribution in [0.25, 0.3) is 0 Å². The van der Waals surface area contributed by atoms with E-state index in [2.05, 4.69) is 20.1 Å². The van der Waals surface area contributed by atoms with Gasteiger partial charge in [-0.15, -0.1) is 0 Å². The van der Waals surface area contributed by atoms with Gasteiger partial charge in [0.2, 0.25) is 0 Å². The Labute approximate surface area is 36.4 Å². The monoisotopic (exact) mass is 146 g/mol. The molecule has 0 saturated heterocycles. The highest BCUT2D eigenvalue weighted by molar-refractivity contribution is 9.06. The van der Waals surface area contributed by atoms with Crippen LogP contribution in [-0.2, 0) is 3.83 Å². The summed E-state index contributed by atoms with van der Waals surface area (Å²) in [7, 11) is 0. The minimum Gasteiger partial charge on any atom is -0.243 e. The van der Waals surface area contributed by atoms with Gasteiger partial charge >= 0.3 is 6.61 Å². The van der Waals surface area contributed by atoms with Crippen molar-refractivity contribution in [1.82, 2.24) is 0 Å². The molecule has 0 aliphatic heterocycles. The van der Waals surface area contributed by atoms with Gasteiger partial charge in [0.25, 0.3) is 0 Å². The summed E-state index contributed by atoms with van der Waals surface area (Å²) in [5, 5.41) is 0. The minimum absolute atomic E-state index is 2.06. The molecule has 0 radical (unpaired) electrons. The number of rotatable bonds is 1. The molecule has 0 rings (SSSR count). The van der Waals surface area contributed by atoms with Crippen molar-refractivity contribution in [1.29, 1.82) is 0 Å². The van der Waals surface area contributed by atoms with Gasteiger partial charge < -0.3 is 0 Å². The minimum atomic E-state index is -2.70. The smallest absolute Gasteiger partial charge is 0.243 e. The van der Waals surface area contributed by atoms with Crippen LogP contribution in [0.5, 0.6) is 0 Å². The van der Waals surface area contributed by atoms with Gasteiger partial charge in [0, 0.05) is 0 Å². The molecule has 0 N–H and O–H groups in total. The molecule has 0 fully saturated rings. The number of hydrogen-bond acceptors (Lipinski definition) is 1. The molecular formula is CHBrF2O. The first-order valence-corrected chi connectivity index (χ1v) is 1.47. The van der Waals surface area contributed by atoms with Gasteiger partial charge in [-0.3, -0.25) is 0 Å². The molecule has 0 aromatic rings. The van der Waals surface area contributed by atoms with E-state index < -0.39 is 6.61 Å². The maximum atomic E-state index is 10.5. The molecular weight excluding hydrogens is 146 g/mol. The van der Waals surface area contributed by atoms with Crippen LogP contribution >= 0.6 is 16.3 Å². The van der Waals surface area contributed by atoms with E-state index in [1.165, 1.54) is 0 Å². The van der Waals surface area contributed by atoms with Crippen molar-refractivity contribution in [3.8, 4) is 0 Å². The predicted molar refractivity (Wildman–Crippen MR) is 16.0 cm³/mol. The van der Waals surface area contributed by atoms with Crippen molar-refractivity contribution in [3.63, 3.8) is 0 Å². The standard InChI is InChI=1S/CHBrF2O/c2-5-1(3)4/h1H. The van der Waals surface area contributed by atoms with E-state index in [-0.39, 0.29) is 0 Å². The number of hydrogen-bond donors (Lipinski definition) is 0. The second-order valence-electron chi connectivity index (χ2n) is 0.350. The summed E-state index contributed by atoms with van der Waals surface area (Å²) >= 11 is 2.06. The average molecular weight is 147 g/mol. The number of alkyl halides is 2. The van der Waals surface area contributed by atoms with E-state index in [1.807, 2.05) is 0 Å². The average Bonchev–Trinajstić information content (AvgIpc) is 1.38. The maximum absolute atomic E-state index is 10.5. The Morgan fingerprint density at radius 3 is 1.80 bits per heavy atom. The van der Waals surface area contributed by atoms with Crippen molar-refractivity contribution < 1.29 is 12.6 Å². The fourth-order valence-corrected chi connectivity index (χ4v) is 0. The number of halogens is 3. The van der Waals surface area contributed by atoms with E-state index >= 15 is 0 Å². The molecule has 0 aliphatic carbocycles. The molecule has 1 nitrogen and oxygen atoms in total. The van der Waals surface area contributed by atoms with Crippen LogP contribution in [0, 0.1) is 0 Å². The first-order chi connectivity index (χ1) is 2.27. The Hall–Kier alpha value is 0.300. The summed E-state index contributed by atoms with van der Waals surface area (Å²) in [6.07, 6.45) is 0. The van der Waals surface area contributed by atoms with Crippen molar-refractivity contribution in [3.05, 3.63) is 0 Å². The quantitative estimate of drug-likeness (QED) is 0.546. The van der Waals surface area contributed by atoms with Crippen molar-refractivity contribution in [2.45, 2.75) is 6.61 Å². The molecule has 0 amide bonds. The largest absolute Gasteiger partial charge is 0.355 e. The third-order valence-electron chi connectivity index (χ3n) is 0.0673. The summed E-state index contributed by atoms with van der Waals surface area (Å²) in [6.45, 7) is -2.70. The molecule has 0 aliphatic rings. The summed E-state index contributed by atoms with van der Waals surface area (Å²) < 4.78 is 24.2. The van der Waals surface area contributed by atoms with E-state index in [1.54, 1.807) is 0 Å². The van der Waals surface area contributed by atoms with Gasteiger partial charge in [0.15, 0.2) is 0 Å². The van der Waals surface area contributed by atoms with Gasteiger partial charge in [-0.25, -0.2) is 3.83 Å².